The van der Waals surface area contributed by atoms with Crippen molar-refractivity contribution >= 4 is 17.3 Å². The minimum Gasteiger partial charge on any atom is -0.497 e. The summed E-state index contributed by atoms with van der Waals surface area (Å²) in [5.74, 6) is 1.17. The second-order valence-corrected chi connectivity index (χ2v) is 6.94. The predicted molar refractivity (Wildman–Crippen MR) is 108 cm³/mol. The molecule has 0 saturated carbocycles. The largest absolute Gasteiger partial charge is 0.497 e. The Hall–Kier alpha value is -3.06. The molecule has 6 nitrogen and oxygen atoms in total. The van der Waals surface area contributed by atoms with Gasteiger partial charge in [-0.25, -0.2) is 4.98 Å². The predicted octanol–water partition coefficient (Wildman–Crippen LogP) is 4.21. The summed E-state index contributed by atoms with van der Waals surface area (Å²) in [6, 6.07) is 13.3. The molecular formula is C21H21NO5S. The fraction of sp³-hybridized carbons (Fsp3) is 0.238. The van der Waals surface area contributed by atoms with Crippen LogP contribution in [0.15, 0.2) is 47.8 Å². The molecule has 0 aliphatic heterocycles. The number of ether oxygens (including phenoxy) is 3. The number of carboxylic acid groups (broad SMARTS) is 1. The summed E-state index contributed by atoms with van der Waals surface area (Å²) in [6.07, 6.45) is -0.104. The highest BCUT2D eigenvalue weighted by Gasteiger charge is 2.14. The fourth-order valence-electron chi connectivity index (χ4n) is 2.54. The summed E-state index contributed by atoms with van der Waals surface area (Å²) in [7, 11) is 1.59. The minimum absolute atomic E-state index is 0.104. The molecule has 3 rings (SSSR count). The van der Waals surface area contributed by atoms with Crippen LogP contribution in [-0.2, 0) is 11.2 Å². The Morgan fingerprint density at radius 1 is 1.07 bits per heavy atom. The molecule has 1 heterocycles. The van der Waals surface area contributed by atoms with Gasteiger partial charge in [0.15, 0.2) is 0 Å². The number of aliphatic carboxylic acids is 1. The van der Waals surface area contributed by atoms with Gasteiger partial charge in [0, 0.05) is 11.4 Å². The molecule has 1 N–H and O–H groups in total. The van der Waals surface area contributed by atoms with E-state index in [9.17, 15) is 4.79 Å². The Morgan fingerprint density at radius 3 is 2.50 bits per heavy atom. The summed E-state index contributed by atoms with van der Waals surface area (Å²) in [4.78, 5) is 15.3. The third kappa shape index (κ3) is 5.23. The van der Waals surface area contributed by atoms with Gasteiger partial charge in [-0.1, -0.05) is 17.7 Å². The lowest BCUT2D eigenvalue weighted by molar-refractivity contribution is -0.136. The first-order valence-electron chi connectivity index (χ1n) is 8.72. The average Bonchev–Trinajstić information content (AvgIpc) is 3.14. The van der Waals surface area contributed by atoms with Crippen LogP contribution in [0.3, 0.4) is 0 Å². The lowest BCUT2D eigenvalue weighted by Gasteiger charge is -2.12. The second kappa shape index (κ2) is 9.23. The number of carboxylic acids is 1. The fourth-order valence-corrected chi connectivity index (χ4v) is 3.39. The molecule has 2 aromatic carbocycles. The van der Waals surface area contributed by atoms with Crippen molar-refractivity contribution in [3.8, 4) is 27.8 Å². The number of carbonyl (C=O) groups is 1. The number of thiazole rings is 1. The zero-order valence-corrected chi connectivity index (χ0v) is 16.5. The Balaban J connectivity index is 1.69. The molecule has 0 spiro atoms. The van der Waals surface area contributed by atoms with Crippen molar-refractivity contribution < 1.29 is 24.1 Å². The Bertz CT molecular complexity index is 936. The molecule has 146 valence electrons. The molecule has 1 aromatic heterocycles. The number of rotatable bonds is 9. The van der Waals surface area contributed by atoms with Crippen molar-refractivity contribution in [1.29, 1.82) is 0 Å². The van der Waals surface area contributed by atoms with Crippen LogP contribution in [-0.4, -0.2) is 36.4 Å². The molecule has 0 fully saturated rings. The Labute approximate surface area is 167 Å². The van der Waals surface area contributed by atoms with Crippen LogP contribution in [0.1, 0.15) is 11.3 Å². The van der Waals surface area contributed by atoms with Gasteiger partial charge in [0.1, 0.15) is 35.5 Å². The standard InChI is InChI=1S/C21H21NO5S/c1-14-3-5-16(6-4-14)26-9-10-27-19-12-17(25-2)7-8-18(19)21-22-15(13-28-21)11-20(23)24/h3-8,12-13H,9-11H2,1-2H3,(H,23,24). The first-order valence-corrected chi connectivity index (χ1v) is 9.60. The number of benzene rings is 2. The van der Waals surface area contributed by atoms with E-state index in [1.165, 1.54) is 16.9 Å². The van der Waals surface area contributed by atoms with E-state index >= 15 is 0 Å². The van der Waals surface area contributed by atoms with Crippen molar-refractivity contribution in [2.45, 2.75) is 13.3 Å². The number of nitrogens with zero attached hydrogens (tertiary/aromatic N) is 1. The molecule has 0 amide bonds. The first kappa shape index (κ1) is 19.7. The van der Waals surface area contributed by atoms with E-state index < -0.39 is 5.97 Å². The summed E-state index contributed by atoms with van der Waals surface area (Å²) in [5, 5.41) is 11.4. The highest BCUT2D eigenvalue weighted by atomic mass is 32.1. The number of hydrogen-bond donors (Lipinski definition) is 1. The Morgan fingerprint density at radius 2 is 1.79 bits per heavy atom. The van der Waals surface area contributed by atoms with Crippen molar-refractivity contribution in [3.05, 3.63) is 59.1 Å². The summed E-state index contributed by atoms with van der Waals surface area (Å²) in [5.41, 5.74) is 2.49. The van der Waals surface area contributed by atoms with Crippen LogP contribution in [0.25, 0.3) is 10.6 Å². The van der Waals surface area contributed by atoms with Crippen LogP contribution in [0.2, 0.25) is 0 Å². The maximum atomic E-state index is 10.9. The van der Waals surface area contributed by atoms with Gasteiger partial charge in [-0.2, -0.15) is 0 Å². The van der Waals surface area contributed by atoms with Gasteiger partial charge in [-0.05, 0) is 31.2 Å². The maximum absolute atomic E-state index is 10.9. The van der Waals surface area contributed by atoms with Crippen LogP contribution >= 0.6 is 11.3 Å². The van der Waals surface area contributed by atoms with Crippen molar-refractivity contribution in [2.75, 3.05) is 20.3 Å². The highest BCUT2D eigenvalue weighted by Crippen LogP contribution is 2.35. The SMILES string of the molecule is COc1ccc(-c2nc(CC(=O)O)cs2)c(OCCOc2ccc(C)cc2)c1. The van der Waals surface area contributed by atoms with E-state index in [-0.39, 0.29) is 6.42 Å². The molecule has 0 aliphatic carbocycles. The van der Waals surface area contributed by atoms with Gasteiger partial charge in [-0.3, -0.25) is 4.79 Å². The van der Waals surface area contributed by atoms with Gasteiger partial charge in [-0.15, -0.1) is 11.3 Å². The molecule has 0 aliphatic rings. The lowest BCUT2D eigenvalue weighted by Crippen LogP contribution is -2.09. The molecule has 7 heteroatoms. The van der Waals surface area contributed by atoms with Gasteiger partial charge >= 0.3 is 5.97 Å². The molecule has 3 aromatic rings. The van der Waals surface area contributed by atoms with Gasteiger partial charge in [0.25, 0.3) is 0 Å². The quantitative estimate of drug-likeness (QED) is 0.543. The minimum atomic E-state index is -0.906. The lowest BCUT2D eigenvalue weighted by atomic mass is 10.2. The molecule has 0 atom stereocenters. The summed E-state index contributed by atoms with van der Waals surface area (Å²) >= 11 is 1.38. The zero-order chi connectivity index (χ0) is 19.9. The molecule has 0 radical (unpaired) electrons. The third-order valence-electron chi connectivity index (χ3n) is 3.93. The van der Waals surface area contributed by atoms with Gasteiger partial charge in [0.2, 0.25) is 0 Å². The summed E-state index contributed by atoms with van der Waals surface area (Å²) in [6.45, 7) is 2.76. The van der Waals surface area contributed by atoms with E-state index in [0.29, 0.717) is 35.4 Å². The second-order valence-electron chi connectivity index (χ2n) is 6.09. The van der Waals surface area contributed by atoms with Crippen LogP contribution in [0.5, 0.6) is 17.2 Å². The average molecular weight is 399 g/mol. The smallest absolute Gasteiger partial charge is 0.309 e. The monoisotopic (exact) mass is 399 g/mol. The van der Waals surface area contributed by atoms with E-state index in [1.54, 1.807) is 18.6 Å². The Kier molecular flexibility index (Phi) is 6.49. The van der Waals surface area contributed by atoms with E-state index in [4.69, 9.17) is 19.3 Å². The molecule has 28 heavy (non-hydrogen) atoms. The van der Waals surface area contributed by atoms with Crippen LogP contribution < -0.4 is 14.2 Å². The van der Waals surface area contributed by atoms with Gasteiger partial charge in [0.05, 0.1) is 24.8 Å². The first-order chi connectivity index (χ1) is 13.5. The van der Waals surface area contributed by atoms with E-state index in [2.05, 4.69) is 4.98 Å². The van der Waals surface area contributed by atoms with Gasteiger partial charge < -0.3 is 19.3 Å². The van der Waals surface area contributed by atoms with Crippen LogP contribution in [0, 0.1) is 6.92 Å². The highest BCUT2D eigenvalue weighted by molar-refractivity contribution is 7.13. The van der Waals surface area contributed by atoms with E-state index in [0.717, 1.165) is 11.3 Å². The topological polar surface area (TPSA) is 77.9 Å². The third-order valence-corrected chi connectivity index (χ3v) is 4.86. The number of aromatic nitrogens is 1. The molecule has 0 unspecified atom stereocenters. The number of hydrogen-bond acceptors (Lipinski definition) is 6. The van der Waals surface area contributed by atoms with Crippen molar-refractivity contribution in [1.82, 2.24) is 4.98 Å². The van der Waals surface area contributed by atoms with E-state index in [1.807, 2.05) is 43.3 Å². The van der Waals surface area contributed by atoms with Crippen LogP contribution in [0.4, 0.5) is 0 Å². The maximum Gasteiger partial charge on any atom is 0.309 e. The molecular weight excluding hydrogens is 378 g/mol. The normalized spacial score (nSPS) is 10.5. The molecule has 0 bridgehead atoms. The zero-order valence-electron chi connectivity index (χ0n) is 15.7. The number of aryl methyl sites for hydroxylation is 1. The van der Waals surface area contributed by atoms with Crippen molar-refractivity contribution in [3.63, 3.8) is 0 Å². The molecule has 0 saturated heterocycles. The van der Waals surface area contributed by atoms with Crippen molar-refractivity contribution in [2.24, 2.45) is 0 Å². The number of methoxy groups -OCH3 is 1. The summed E-state index contributed by atoms with van der Waals surface area (Å²) < 4.78 is 16.9.